The molecule has 0 aliphatic carbocycles. The van der Waals surface area contributed by atoms with E-state index in [-0.39, 0.29) is 0 Å². The van der Waals surface area contributed by atoms with Crippen LogP contribution in [-0.4, -0.2) is 9.97 Å². The highest BCUT2D eigenvalue weighted by molar-refractivity contribution is 7.15. The molecule has 90 valence electrons. The van der Waals surface area contributed by atoms with E-state index in [2.05, 4.69) is 23.0 Å². The van der Waals surface area contributed by atoms with Crippen molar-refractivity contribution in [3.63, 3.8) is 0 Å². The molecule has 2 aromatic heterocycles. The maximum absolute atomic E-state index is 6.02. The zero-order valence-electron chi connectivity index (χ0n) is 10.3. The van der Waals surface area contributed by atoms with Crippen LogP contribution in [0.3, 0.4) is 0 Å². The van der Waals surface area contributed by atoms with Gasteiger partial charge < -0.3 is 5.73 Å². The van der Waals surface area contributed by atoms with Gasteiger partial charge in [-0.05, 0) is 37.6 Å². The fourth-order valence-corrected chi connectivity index (χ4v) is 2.79. The predicted molar refractivity (Wildman–Crippen MR) is 76.7 cm³/mol. The lowest BCUT2D eigenvalue weighted by Crippen LogP contribution is -1.98. The molecular formula is C14H13N3S. The average molecular weight is 255 g/mol. The largest absolute Gasteiger partial charge is 0.383 e. The van der Waals surface area contributed by atoms with Crippen molar-refractivity contribution in [2.45, 2.75) is 13.8 Å². The van der Waals surface area contributed by atoms with Crippen molar-refractivity contribution >= 4 is 28.1 Å². The number of benzene rings is 1. The van der Waals surface area contributed by atoms with Gasteiger partial charge in [-0.3, -0.25) is 0 Å². The van der Waals surface area contributed by atoms with Crippen LogP contribution in [0.1, 0.15) is 10.4 Å². The van der Waals surface area contributed by atoms with E-state index < -0.39 is 0 Å². The number of aryl methyl sites for hydroxylation is 2. The van der Waals surface area contributed by atoms with E-state index in [4.69, 9.17) is 5.73 Å². The van der Waals surface area contributed by atoms with Crippen LogP contribution in [0.2, 0.25) is 0 Å². The van der Waals surface area contributed by atoms with Gasteiger partial charge in [0.15, 0.2) is 5.82 Å². The summed E-state index contributed by atoms with van der Waals surface area (Å²) in [5, 5.41) is 0.923. The number of anilines is 1. The quantitative estimate of drug-likeness (QED) is 0.723. The Labute approximate surface area is 109 Å². The molecule has 2 N–H and O–H groups in total. The third-order valence-electron chi connectivity index (χ3n) is 2.92. The minimum absolute atomic E-state index is 0.546. The van der Waals surface area contributed by atoms with E-state index >= 15 is 0 Å². The second-order valence-electron chi connectivity index (χ2n) is 4.31. The Morgan fingerprint density at radius 1 is 1.06 bits per heavy atom. The molecule has 0 aliphatic heterocycles. The molecule has 3 aromatic rings. The Kier molecular flexibility index (Phi) is 2.52. The summed E-state index contributed by atoms with van der Waals surface area (Å²) in [4.78, 5) is 11.3. The van der Waals surface area contributed by atoms with E-state index in [1.807, 2.05) is 31.2 Å². The van der Waals surface area contributed by atoms with Crippen molar-refractivity contribution in [2.75, 3.05) is 5.73 Å². The first-order valence-electron chi connectivity index (χ1n) is 5.75. The molecule has 0 saturated heterocycles. The number of rotatable bonds is 1. The number of nitrogens with zero attached hydrogens (tertiary/aromatic N) is 2. The number of hydrogen-bond acceptors (Lipinski definition) is 4. The van der Waals surface area contributed by atoms with Gasteiger partial charge in [0.25, 0.3) is 0 Å². The molecule has 18 heavy (non-hydrogen) atoms. The van der Waals surface area contributed by atoms with Crippen LogP contribution in [0.4, 0.5) is 5.82 Å². The normalized spacial score (nSPS) is 11.0. The number of thiophene rings is 1. The van der Waals surface area contributed by atoms with E-state index in [9.17, 15) is 0 Å². The fourth-order valence-electron chi connectivity index (χ4n) is 1.98. The Bertz CT molecular complexity index is 731. The van der Waals surface area contributed by atoms with Crippen molar-refractivity contribution in [1.29, 1.82) is 0 Å². The molecule has 4 heteroatoms. The van der Waals surface area contributed by atoms with Crippen LogP contribution >= 0.6 is 11.3 Å². The molecule has 0 saturated carbocycles. The summed E-state index contributed by atoms with van der Waals surface area (Å²) in [6, 6.07) is 10.1. The van der Waals surface area contributed by atoms with Crippen molar-refractivity contribution in [3.8, 4) is 10.7 Å². The van der Waals surface area contributed by atoms with E-state index in [0.717, 1.165) is 21.3 Å². The van der Waals surface area contributed by atoms with E-state index in [1.165, 1.54) is 4.88 Å². The zero-order valence-corrected chi connectivity index (χ0v) is 11.1. The topological polar surface area (TPSA) is 51.8 Å². The third-order valence-corrected chi connectivity index (χ3v) is 3.92. The summed E-state index contributed by atoms with van der Waals surface area (Å²) in [5.74, 6) is 1.26. The molecule has 2 heterocycles. The van der Waals surface area contributed by atoms with Crippen molar-refractivity contribution in [1.82, 2.24) is 9.97 Å². The van der Waals surface area contributed by atoms with Crippen molar-refractivity contribution in [3.05, 3.63) is 40.8 Å². The Morgan fingerprint density at radius 3 is 2.61 bits per heavy atom. The summed E-state index contributed by atoms with van der Waals surface area (Å²) in [7, 11) is 0. The van der Waals surface area contributed by atoms with Gasteiger partial charge >= 0.3 is 0 Å². The first-order chi connectivity index (χ1) is 8.65. The number of fused-ring (bicyclic) bond motifs is 1. The Morgan fingerprint density at radius 2 is 1.89 bits per heavy atom. The van der Waals surface area contributed by atoms with Gasteiger partial charge in [0.05, 0.1) is 10.4 Å². The number of hydrogen-bond donors (Lipinski definition) is 1. The highest BCUT2D eigenvalue weighted by Crippen LogP contribution is 2.29. The fraction of sp³-hybridized carbons (Fsp3) is 0.143. The summed E-state index contributed by atoms with van der Waals surface area (Å²) >= 11 is 1.68. The molecule has 0 radical (unpaired) electrons. The van der Waals surface area contributed by atoms with Crippen molar-refractivity contribution in [2.24, 2.45) is 0 Å². The average Bonchev–Trinajstić information content (AvgIpc) is 2.77. The monoisotopic (exact) mass is 255 g/mol. The van der Waals surface area contributed by atoms with Crippen LogP contribution in [-0.2, 0) is 0 Å². The molecule has 0 atom stereocenters. The number of aromatic nitrogens is 2. The smallest absolute Gasteiger partial charge is 0.172 e. The van der Waals surface area contributed by atoms with Gasteiger partial charge in [0.1, 0.15) is 5.82 Å². The molecule has 3 rings (SSSR count). The summed E-state index contributed by atoms with van der Waals surface area (Å²) in [6.45, 7) is 4.11. The van der Waals surface area contributed by atoms with Gasteiger partial charge in [-0.1, -0.05) is 12.1 Å². The molecule has 0 amide bonds. The molecule has 0 fully saturated rings. The number of para-hydroxylation sites is 1. The van der Waals surface area contributed by atoms with Crippen molar-refractivity contribution < 1.29 is 0 Å². The molecular weight excluding hydrogens is 242 g/mol. The molecule has 0 spiro atoms. The van der Waals surface area contributed by atoms with Gasteiger partial charge in [-0.15, -0.1) is 11.3 Å². The van der Waals surface area contributed by atoms with E-state index in [1.54, 1.807) is 11.3 Å². The predicted octanol–water partition coefficient (Wildman–Crippen LogP) is 3.56. The minimum Gasteiger partial charge on any atom is -0.383 e. The maximum Gasteiger partial charge on any atom is 0.172 e. The molecule has 0 bridgehead atoms. The second kappa shape index (κ2) is 4.07. The van der Waals surface area contributed by atoms with Gasteiger partial charge in [0.2, 0.25) is 0 Å². The van der Waals surface area contributed by atoms with Crippen LogP contribution < -0.4 is 5.73 Å². The summed E-state index contributed by atoms with van der Waals surface area (Å²) in [6.07, 6.45) is 0. The van der Waals surface area contributed by atoms with Gasteiger partial charge in [0, 0.05) is 10.3 Å². The van der Waals surface area contributed by atoms with Crippen LogP contribution in [0.25, 0.3) is 21.6 Å². The SMILES string of the molecule is Cc1ccc(-c2nc(N)c3cccc(C)c3n2)s1. The van der Waals surface area contributed by atoms with Gasteiger partial charge in [-0.25, -0.2) is 9.97 Å². The third kappa shape index (κ3) is 1.75. The first-order valence-corrected chi connectivity index (χ1v) is 6.56. The summed E-state index contributed by atoms with van der Waals surface area (Å²) in [5.41, 5.74) is 8.08. The number of nitrogen functional groups attached to an aromatic ring is 1. The first kappa shape index (κ1) is 11.2. The van der Waals surface area contributed by atoms with Crippen LogP contribution in [0, 0.1) is 13.8 Å². The maximum atomic E-state index is 6.02. The lowest BCUT2D eigenvalue weighted by molar-refractivity contribution is 1.23. The lowest BCUT2D eigenvalue weighted by atomic mass is 10.1. The highest BCUT2D eigenvalue weighted by atomic mass is 32.1. The van der Waals surface area contributed by atoms with Gasteiger partial charge in [-0.2, -0.15) is 0 Å². The Hall–Kier alpha value is -1.94. The molecule has 0 aliphatic rings. The van der Waals surface area contributed by atoms with E-state index in [0.29, 0.717) is 11.6 Å². The summed E-state index contributed by atoms with van der Waals surface area (Å²) < 4.78 is 0. The molecule has 3 nitrogen and oxygen atoms in total. The lowest BCUT2D eigenvalue weighted by Gasteiger charge is -2.06. The zero-order chi connectivity index (χ0) is 12.7. The number of nitrogens with two attached hydrogens (primary N) is 1. The molecule has 0 unspecified atom stereocenters. The standard InChI is InChI=1S/C14H13N3S/c1-8-4-3-5-10-12(8)16-14(17-13(10)15)11-7-6-9(2)18-11/h3-7H,1-2H3,(H2,15,16,17). The van der Waals surface area contributed by atoms with Crippen LogP contribution in [0.5, 0.6) is 0 Å². The minimum atomic E-state index is 0.546. The molecule has 1 aromatic carbocycles. The highest BCUT2D eigenvalue weighted by Gasteiger charge is 2.09. The Balaban J connectivity index is 2.29. The second-order valence-corrected chi connectivity index (χ2v) is 5.60. The van der Waals surface area contributed by atoms with Crippen LogP contribution in [0.15, 0.2) is 30.3 Å².